The lowest BCUT2D eigenvalue weighted by Gasteiger charge is -2.16. The van der Waals surface area contributed by atoms with Gasteiger partial charge in [0.15, 0.2) is 16.8 Å². The monoisotopic (exact) mass is 372 g/mol. The van der Waals surface area contributed by atoms with E-state index in [1.165, 1.54) is 12.1 Å². The standard InChI is InChI=1S/C18H18N2O5.C2H6/c1-10(2-5-13(19)18(22)23)24-12-4-7-15-17(9-12)25-16-8-11(21)3-6-14(16)20-15;1-2/h3-4,6-10,13H,2,5,19H2,1H3,(H,22,23);1-2H3. The second-order valence-electron chi connectivity index (χ2n) is 5.92. The Hall–Kier alpha value is -2.93. The van der Waals surface area contributed by atoms with E-state index in [0.29, 0.717) is 41.1 Å². The van der Waals surface area contributed by atoms with Gasteiger partial charge in [-0.3, -0.25) is 9.59 Å². The predicted molar refractivity (Wildman–Crippen MR) is 103 cm³/mol. The van der Waals surface area contributed by atoms with Gasteiger partial charge < -0.3 is 20.0 Å². The van der Waals surface area contributed by atoms with Crippen LogP contribution in [0.25, 0.3) is 22.6 Å². The molecule has 7 heteroatoms. The highest BCUT2D eigenvalue weighted by atomic mass is 16.5. The van der Waals surface area contributed by atoms with Gasteiger partial charge in [0.05, 0.1) is 6.10 Å². The van der Waals surface area contributed by atoms with Gasteiger partial charge in [0.2, 0.25) is 0 Å². The van der Waals surface area contributed by atoms with E-state index in [-0.39, 0.29) is 11.5 Å². The van der Waals surface area contributed by atoms with Gasteiger partial charge in [-0.25, -0.2) is 4.98 Å². The number of fused-ring (bicyclic) bond motifs is 2. The molecule has 0 spiro atoms. The van der Waals surface area contributed by atoms with E-state index in [2.05, 4.69) is 4.98 Å². The molecule has 3 N–H and O–H groups in total. The summed E-state index contributed by atoms with van der Waals surface area (Å²) in [5.74, 6) is -0.0305. The molecule has 1 aliphatic heterocycles. The van der Waals surface area contributed by atoms with E-state index in [4.69, 9.17) is 20.0 Å². The van der Waals surface area contributed by atoms with E-state index in [1.807, 2.05) is 20.8 Å². The molecule has 0 saturated heterocycles. The molecule has 0 radical (unpaired) electrons. The minimum absolute atomic E-state index is 0.145. The summed E-state index contributed by atoms with van der Waals surface area (Å²) in [6.45, 7) is 5.85. The van der Waals surface area contributed by atoms with Crippen LogP contribution in [-0.2, 0) is 4.79 Å². The van der Waals surface area contributed by atoms with E-state index in [9.17, 15) is 9.59 Å². The molecular formula is C20H24N2O5. The topological polar surface area (TPSA) is 116 Å². The van der Waals surface area contributed by atoms with Gasteiger partial charge in [-0.15, -0.1) is 0 Å². The molecule has 1 heterocycles. The summed E-state index contributed by atoms with van der Waals surface area (Å²) in [4.78, 5) is 26.6. The first-order valence-electron chi connectivity index (χ1n) is 8.92. The van der Waals surface area contributed by atoms with Crippen molar-refractivity contribution in [3.05, 3.63) is 46.6 Å². The van der Waals surface area contributed by atoms with Crippen LogP contribution in [0.4, 0.5) is 0 Å². The SMILES string of the molecule is CC.CC(CCC(N)C(=O)O)Oc1ccc2nc3ccc(=O)cc-3oc2c1. The average molecular weight is 372 g/mol. The Kier molecular flexibility index (Phi) is 6.90. The van der Waals surface area contributed by atoms with E-state index in [1.54, 1.807) is 24.3 Å². The molecule has 1 aromatic rings. The number of hydrogen-bond donors (Lipinski definition) is 2. The minimum Gasteiger partial charge on any atom is -0.491 e. The van der Waals surface area contributed by atoms with Crippen molar-refractivity contribution in [3.8, 4) is 17.2 Å². The summed E-state index contributed by atoms with van der Waals surface area (Å²) < 4.78 is 11.5. The lowest BCUT2D eigenvalue weighted by Crippen LogP contribution is -2.31. The smallest absolute Gasteiger partial charge is 0.320 e. The Morgan fingerprint density at radius 3 is 2.67 bits per heavy atom. The van der Waals surface area contributed by atoms with E-state index in [0.717, 1.165) is 0 Å². The molecule has 2 aliphatic rings. The molecule has 2 unspecified atom stereocenters. The Bertz CT molecular complexity index is 937. The molecule has 0 saturated carbocycles. The summed E-state index contributed by atoms with van der Waals surface area (Å²) in [6.07, 6.45) is 0.634. The fraction of sp³-hybridized carbons (Fsp3) is 0.350. The van der Waals surface area contributed by atoms with Crippen LogP contribution in [0.5, 0.6) is 5.75 Å². The average Bonchev–Trinajstić information content (AvgIpc) is 2.66. The van der Waals surface area contributed by atoms with Gasteiger partial charge in [-0.2, -0.15) is 0 Å². The summed E-state index contributed by atoms with van der Waals surface area (Å²) in [6, 6.07) is 8.81. The van der Waals surface area contributed by atoms with Crippen molar-refractivity contribution in [1.82, 2.24) is 4.98 Å². The van der Waals surface area contributed by atoms with Crippen LogP contribution >= 0.6 is 0 Å². The normalized spacial score (nSPS) is 12.9. The number of nitrogens with two attached hydrogens (primary N) is 1. The van der Waals surface area contributed by atoms with Gasteiger partial charge in [0.1, 0.15) is 23.0 Å². The maximum Gasteiger partial charge on any atom is 0.320 e. The van der Waals surface area contributed by atoms with Crippen LogP contribution in [0, 0.1) is 0 Å². The number of aliphatic carboxylic acids is 1. The molecular weight excluding hydrogens is 348 g/mol. The van der Waals surface area contributed by atoms with Crippen molar-refractivity contribution in [1.29, 1.82) is 0 Å². The molecule has 144 valence electrons. The van der Waals surface area contributed by atoms with Crippen molar-refractivity contribution in [2.24, 2.45) is 5.73 Å². The molecule has 7 nitrogen and oxygen atoms in total. The molecule has 27 heavy (non-hydrogen) atoms. The highest BCUT2D eigenvalue weighted by Gasteiger charge is 2.15. The maximum atomic E-state index is 11.4. The molecule has 2 atom stereocenters. The third-order valence-corrected chi connectivity index (χ3v) is 3.86. The fourth-order valence-electron chi connectivity index (χ4n) is 2.49. The highest BCUT2D eigenvalue weighted by Crippen LogP contribution is 2.27. The predicted octanol–water partition coefficient (Wildman–Crippen LogP) is 3.28. The number of carbonyl (C=O) groups is 1. The highest BCUT2D eigenvalue weighted by molar-refractivity contribution is 5.77. The first kappa shape index (κ1) is 20.4. The van der Waals surface area contributed by atoms with Crippen LogP contribution in [0.1, 0.15) is 33.6 Å². The number of ether oxygens (including phenoxy) is 1. The number of carboxylic acid groups (broad SMARTS) is 1. The van der Waals surface area contributed by atoms with Gasteiger partial charge >= 0.3 is 5.97 Å². The molecule has 1 aromatic carbocycles. The van der Waals surface area contributed by atoms with Crippen molar-refractivity contribution in [3.63, 3.8) is 0 Å². The number of benzene rings is 2. The quantitative estimate of drug-likeness (QED) is 0.638. The van der Waals surface area contributed by atoms with Crippen molar-refractivity contribution in [2.45, 2.75) is 45.8 Å². The lowest BCUT2D eigenvalue weighted by molar-refractivity contribution is -0.138. The van der Waals surface area contributed by atoms with Gasteiger partial charge in [0.25, 0.3) is 0 Å². The Labute approximate surface area is 157 Å². The number of rotatable bonds is 6. The fourth-order valence-corrected chi connectivity index (χ4v) is 2.49. The molecule has 0 amide bonds. The largest absolute Gasteiger partial charge is 0.491 e. The third-order valence-electron chi connectivity index (χ3n) is 3.86. The number of nitrogens with zero attached hydrogens (tertiary/aromatic N) is 1. The summed E-state index contributed by atoms with van der Waals surface area (Å²) in [7, 11) is 0. The number of aromatic nitrogens is 1. The number of carboxylic acids is 1. The van der Waals surface area contributed by atoms with E-state index < -0.39 is 12.0 Å². The van der Waals surface area contributed by atoms with Crippen molar-refractivity contribution in [2.75, 3.05) is 0 Å². The lowest BCUT2D eigenvalue weighted by atomic mass is 10.1. The summed E-state index contributed by atoms with van der Waals surface area (Å²) in [5, 5.41) is 8.80. The van der Waals surface area contributed by atoms with Crippen molar-refractivity contribution >= 4 is 17.1 Å². The molecule has 0 aromatic heterocycles. The third kappa shape index (κ3) is 5.27. The minimum atomic E-state index is -1.02. The molecule has 1 aliphatic carbocycles. The summed E-state index contributed by atoms with van der Waals surface area (Å²) in [5.41, 5.74) is 7.11. The maximum absolute atomic E-state index is 11.4. The van der Waals surface area contributed by atoms with Gasteiger partial charge in [0, 0.05) is 12.1 Å². The zero-order valence-electron chi connectivity index (χ0n) is 15.6. The van der Waals surface area contributed by atoms with Crippen LogP contribution in [-0.4, -0.2) is 28.2 Å². The zero-order valence-corrected chi connectivity index (χ0v) is 15.6. The molecule has 0 bridgehead atoms. The first-order chi connectivity index (χ1) is 12.9. The Balaban J connectivity index is 0.00000126. The van der Waals surface area contributed by atoms with Crippen LogP contribution < -0.4 is 15.9 Å². The first-order valence-corrected chi connectivity index (χ1v) is 8.92. The Morgan fingerprint density at radius 1 is 1.22 bits per heavy atom. The van der Waals surface area contributed by atoms with Gasteiger partial charge in [-0.1, -0.05) is 13.8 Å². The van der Waals surface area contributed by atoms with Crippen molar-refractivity contribution < 1.29 is 19.1 Å². The second-order valence-corrected chi connectivity index (χ2v) is 5.92. The van der Waals surface area contributed by atoms with Crippen LogP contribution in [0.2, 0.25) is 0 Å². The number of hydrogen-bond acceptors (Lipinski definition) is 6. The van der Waals surface area contributed by atoms with Gasteiger partial charge in [-0.05, 0) is 44.0 Å². The second kappa shape index (κ2) is 9.14. The van der Waals surface area contributed by atoms with E-state index >= 15 is 0 Å². The Morgan fingerprint density at radius 2 is 1.96 bits per heavy atom. The van der Waals surface area contributed by atoms with Crippen LogP contribution in [0.15, 0.2) is 45.6 Å². The molecule has 3 rings (SSSR count). The zero-order chi connectivity index (χ0) is 20.0. The van der Waals surface area contributed by atoms with Crippen LogP contribution in [0.3, 0.4) is 0 Å². The molecule has 0 fully saturated rings. The summed E-state index contributed by atoms with van der Waals surface area (Å²) >= 11 is 0.